The number of hydrogen-bond donors (Lipinski definition) is 0. The van der Waals surface area contributed by atoms with Crippen molar-refractivity contribution in [3.05, 3.63) is 36.7 Å². The van der Waals surface area contributed by atoms with Gasteiger partial charge in [-0.05, 0) is 62.8 Å². The zero-order valence-corrected chi connectivity index (χ0v) is 20.8. The minimum Gasteiger partial charge on any atom is -0.490 e. The standard InChI is InChI=1S/C27H37N5O3/c1-29-18-23(17-28-29)32-20-27(34-19-26(32)33)11-15-31(16-12-27)22-5-7-24(8-6-22)35-25-9-13-30(14-10-25)21-3-2-4-21/h5-8,17-18,21,25H,2-4,9-16,19-20H2,1H3. The summed E-state index contributed by atoms with van der Waals surface area (Å²) in [5, 5.41) is 4.23. The van der Waals surface area contributed by atoms with Crippen LogP contribution < -0.4 is 14.5 Å². The Labute approximate surface area is 207 Å². The van der Waals surface area contributed by atoms with Crippen LogP contribution in [-0.2, 0) is 16.6 Å². The molecule has 0 bridgehead atoms. The van der Waals surface area contributed by atoms with E-state index in [0.29, 0.717) is 12.6 Å². The summed E-state index contributed by atoms with van der Waals surface area (Å²) < 4.78 is 14.2. The number of amides is 1. The van der Waals surface area contributed by atoms with Gasteiger partial charge in [0.2, 0.25) is 0 Å². The van der Waals surface area contributed by atoms with Crippen LogP contribution >= 0.6 is 0 Å². The van der Waals surface area contributed by atoms with Crippen molar-refractivity contribution in [1.82, 2.24) is 14.7 Å². The topological polar surface area (TPSA) is 63.1 Å². The Morgan fingerprint density at radius 3 is 2.37 bits per heavy atom. The molecule has 1 aliphatic carbocycles. The Kier molecular flexibility index (Phi) is 6.18. The molecular formula is C27H37N5O3. The van der Waals surface area contributed by atoms with E-state index in [1.54, 1.807) is 10.9 Å². The van der Waals surface area contributed by atoms with E-state index in [2.05, 4.69) is 39.2 Å². The van der Waals surface area contributed by atoms with E-state index in [0.717, 1.165) is 56.3 Å². The second kappa shape index (κ2) is 9.47. The molecule has 3 aliphatic heterocycles. The Morgan fingerprint density at radius 1 is 1.00 bits per heavy atom. The normalized spacial score (nSPS) is 24.1. The Morgan fingerprint density at radius 2 is 1.74 bits per heavy atom. The third-order valence-corrected chi connectivity index (χ3v) is 8.50. The van der Waals surface area contributed by atoms with Gasteiger partial charge >= 0.3 is 0 Å². The van der Waals surface area contributed by atoms with Crippen molar-refractivity contribution in [2.75, 3.05) is 49.1 Å². The van der Waals surface area contributed by atoms with Crippen molar-refractivity contribution in [1.29, 1.82) is 0 Å². The molecular weight excluding hydrogens is 442 g/mol. The smallest absolute Gasteiger partial charge is 0.253 e. The summed E-state index contributed by atoms with van der Waals surface area (Å²) in [7, 11) is 1.87. The van der Waals surface area contributed by atoms with E-state index in [1.807, 2.05) is 18.1 Å². The second-order valence-corrected chi connectivity index (χ2v) is 10.7. The largest absolute Gasteiger partial charge is 0.490 e. The molecule has 6 rings (SSSR count). The van der Waals surface area contributed by atoms with E-state index in [1.165, 1.54) is 38.0 Å². The predicted molar refractivity (Wildman–Crippen MR) is 135 cm³/mol. The molecule has 35 heavy (non-hydrogen) atoms. The zero-order chi connectivity index (χ0) is 23.8. The SMILES string of the molecule is Cn1cc(N2CC3(CCN(c4ccc(OC5CCN(C6CCC6)CC5)cc4)CC3)OCC2=O)cn1. The molecule has 1 spiro atoms. The van der Waals surface area contributed by atoms with E-state index in [9.17, 15) is 4.79 Å². The number of piperidine rings is 2. The number of morpholine rings is 1. The Balaban J connectivity index is 1.01. The molecule has 0 N–H and O–H groups in total. The maximum atomic E-state index is 12.5. The van der Waals surface area contributed by atoms with Crippen molar-refractivity contribution in [2.24, 2.45) is 7.05 Å². The molecule has 4 fully saturated rings. The number of rotatable bonds is 5. The lowest BCUT2D eigenvalue weighted by atomic mass is 9.89. The molecule has 3 saturated heterocycles. The maximum absolute atomic E-state index is 12.5. The van der Waals surface area contributed by atoms with Gasteiger partial charge in [-0.3, -0.25) is 9.48 Å². The molecule has 1 aromatic carbocycles. The Hall–Kier alpha value is -2.58. The molecule has 1 saturated carbocycles. The Bertz CT molecular complexity index is 1020. The van der Waals surface area contributed by atoms with Crippen molar-refractivity contribution in [3.63, 3.8) is 0 Å². The molecule has 4 aliphatic rings. The molecule has 0 unspecified atom stereocenters. The van der Waals surface area contributed by atoms with Gasteiger partial charge in [-0.25, -0.2) is 0 Å². The van der Waals surface area contributed by atoms with Crippen LogP contribution in [0, 0.1) is 0 Å². The zero-order valence-electron chi connectivity index (χ0n) is 20.8. The highest BCUT2D eigenvalue weighted by molar-refractivity contribution is 5.95. The van der Waals surface area contributed by atoms with Crippen LogP contribution in [0.4, 0.5) is 11.4 Å². The van der Waals surface area contributed by atoms with Crippen LogP contribution in [0.25, 0.3) is 0 Å². The lowest BCUT2D eigenvalue weighted by molar-refractivity contribution is -0.141. The number of carbonyl (C=O) groups is 1. The van der Waals surface area contributed by atoms with Gasteiger partial charge < -0.3 is 24.2 Å². The van der Waals surface area contributed by atoms with Gasteiger partial charge in [0.25, 0.3) is 5.91 Å². The minimum absolute atomic E-state index is 0.00959. The number of carbonyl (C=O) groups excluding carboxylic acids is 1. The average molecular weight is 480 g/mol. The first-order chi connectivity index (χ1) is 17.1. The highest BCUT2D eigenvalue weighted by Gasteiger charge is 2.43. The second-order valence-electron chi connectivity index (χ2n) is 10.7. The number of ether oxygens (including phenoxy) is 2. The number of hydrogen-bond acceptors (Lipinski definition) is 6. The number of anilines is 2. The molecule has 188 valence electrons. The summed E-state index contributed by atoms with van der Waals surface area (Å²) in [6.07, 6.45) is 12.2. The maximum Gasteiger partial charge on any atom is 0.253 e. The summed E-state index contributed by atoms with van der Waals surface area (Å²) in [5.74, 6) is 0.987. The van der Waals surface area contributed by atoms with Crippen molar-refractivity contribution in [3.8, 4) is 5.75 Å². The lowest BCUT2D eigenvalue weighted by Crippen LogP contribution is -2.59. The fourth-order valence-electron chi connectivity index (χ4n) is 6.01. The fraction of sp³-hybridized carbons (Fsp3) is 0.630. The molecule has 2 aromatic rings. The van der Waals surface area contributed by atoms with Gasteiger partial charge in [-0.2, -0.15) is 5.10 Å². The van der Waals surface area contributed by atoms with Crippen molar-refractivity contribution in [2.45, 2.75) is 62.7 Å². The molecule has 8 heteroatoms. The summed E-state index contributed by atoms with van der Waals surface area (Å²) in [5.41, 5.74) is 1.80. The van der Waals surface area contributed by atoms with Gasteiger partial charge in [-0.15, -0.1) is 0 Å². The number of nitrogens with zero attached hydrogens (tertiary/aromatic N) is 5. The molecule has 0 radical (unpaired) electrons. The first-order valence-corrected chi connectivity index (χ1v) is 13.3. The van der Waals surface area contributed by atoms with E-state index >= 15 is 0 Å². The van der Waals surface area contributed by atoms with Crippen LogP contribution in [0.15, 0.2) is 36.7 Å². The predicted octanol–water partition coefficient (Wildman–Crippen LogP) is 3.22. The van der Waals surface area contributed by atoms with Crippen molar-refractivity contribution >= 4 is 17.3 Å². The third kappa shape index (κ3) is 4.78. The van der Waals surface area contributed by atoms with Crippen LogP contribution in [0.5, 0.6) is 5.75 Å². The lowest BCUT2D eigenvalue weighted by Gasteiger charge is -2.47. The highest BCUT2D eigenvalue weighted by atomic mass is 16.5. The van der Waals surface area contributed by atoms with Crippen LogP contribution in [0.1, 0.15) is 44.9 Å². The number of aromatic nitrogens is 2. The summed E-state index contributed by atoms with van der Waals surface area (Å²) in [4.78, 5) is 19.4. The molecule has 1 amide bonds. The van der Waals surface area contributed by atoms with Gasteiger partial charge in [0.1, 0.15) is 18.5 Å². The summed E-state index contributed by atoms with van der Waals surface area (Å²) >= 11 is 0. The summed E-state index contributed by atoms with van der Waals surface area (Å²) in [6.45, 7) is 4.91. The molecule has 8 nitrogen and oxygen atoms in total. The molecule has 0 atom stereocenters. The van der Waals surface area contributed by atoms with Crippen LogP contribution in [0.2, 0.25) is 0 Å². The van der Waals surface area contributed by atoms with Crippen molar-refractivity contribution < 1.29 is 14.3 Å². The number of benzene rings is 1. The van der Waals surface area contributed by atoms with Gasteiger partial charge in [0.15, 0.2) is 0 Å². The first kappa shape index (κ1) is 22.9. The minimum atomic E-state index is -0.280. The molecule has 4 heterocycles. The quantitative estimate of drug-likeness (QED) is 0.656. The summed E-state index contributed by atoms with van der Waals surface area (Å²) in [6, 6.07) is 9.46. The molecule has 1 aromatic heterocycles. The average Bonchev–Trinajstić information content (AvgIpc) is 3.28. The fourth-order valence-corrected chi connectivity index (χ4v) is 6.01. The monoisotopic (exact) mass is 479 g/mol. The van der Waals surface area contributed by atoms with Crippen LogP contribution in [-0.4, -0.2) is 77.7 Å². The van der Waals surface area contributed by atoms with Crippen LogP contribution in [0.3, 0.4) is 0 Å². The highest BCUT2D eigenvalue weighted by Crippen LogP contribution is 2.35. The number of likely N-dealkylation sites (tertiary alicyclic amines) is 1. The third-order valence-electron chi connectivity index (χ3n) is 8.50. The van der Waals surface area contributed by atoms with Gasteiger partial charge in [0, 0.05) is 51.2 Å². The van der Waals surface area contributed by atoms with Gasteiger partial charge in [-0.1, -0.05) is 6.42 Å². The van der Waals surface area contributed by atoms with E-state index < -0.39 is 0 Å². The number of aryl methyl sites for hydroxylation is 1. The van der Waals surface area contributed by atoms with E-state index in [-0.39, 0.29) is 18.1 Å². The van der Waals surface area contributed by atoms with E-state index in [4.69, 9.17) is 9.47 Å². The first-order valence-electron chi connectivity index (χ1n) is 13.3. The van der Waals surface area contributed by atoms with Gasteiger partial charge in [0.05, 0.1) is 24.0 Å².